The third-order valence-corrected chi connectivity index (χ3v) is 3.17. The van der Waals surface area contributed by atoms with Crippen LogP contribution in [0.2, 0.25) is 0 Å². The van der Waals surface area contributed by atoms with E-state index in [1.54, 1.807) is 47.9 Å². The van der Waals surface area contributed by atoms with Crippen LogP contribution in [0.3, 0.4) is 0 Å². The van der Waals surface area contributed by atoms with E-state index < -0.39 is 9.46 Å². The molecule has 1 aromatic rings. The van der Waals surface area contributed by atoms with E-state index in [1.807, 2.05) is 0 Å². The summed E-state index contributed by atoms with van der Waals surface area (Å²) in [6, 6.07) is 5.01. The molecule has 0 saturated heterocycles. The van der Waals surface area contributed by atoms with Crippen LogP contribution in [-0.2, 0) is 6.42 Å². The number of benzene rings is 1. The number of halogens is 2. The van der Waals surface area contributed by atoms with Gasteiger partial charge in [-0.25, -0.2) is 4.39 Å². The van der Waals surface area contributed by atoms with Crippen LogP contribution in [-0.4, -0.2) is 16.6 Å². The molecule has 0 bridgehead atoms. The van der Waals surface area contributed by atoms with Crippen molar-refractivity contribution in [3.05, 3.63) is 29.3 Å². The maximum absolute atomic E-state index is 13.6. The monoisotopic (exact) mass is 306 g/mol. The number of ether oxygens (including phenoxy) is 1. The van der Waals surface area contributed by atoms with Gasteiger partial charge in [-0.3, -0.25) is 4.79 Å². The van der Waals surface area contributed by atoms with Gasteiger partial charge >= 0.3 is 0 Å². The average Bonchev–Trinajstić information content (AvgIpc) is 2.37. The SMILES string of the molecule is COc1ccc2c(c1)CC(F)(I)C2=O. The van der Waals surface area contributed by atoms with Gasteiger partial charge in [0.05, 0.1) is 7.11 Å². The lowest BCUT2D eigenvalue weighted by Gasteiger charge is -2.05. The summed E-state index contributed by atoms with van der Waals surface area (Å²) >= 11 is 1.55. The van der Waals surface area contributed by atoms with Crippen molar-refractivity contribution in [2.24, 2.45) is 0 Å². The minimum atomic E-state index is -1.77. The van der Waals surface area contributed by atoms with Crippen molar-refractivity contribution in [3.63, 3.8) is 0 Å². The minimum Gasteiger partial charge on any atom is -0.497 e. The molecule has 1 aliphatic carbocycles. The molecule has 1 aromatic carbocycles. The molecule has 0 saturated carbocycles. The van der Waals surface area contributed by atoms with Crippen LogP contribution in [0.15, 0.2) is 18.2 Å². The molecule has 0 heterocycles. The highest BCUT2D eigenvalue weighted by molar-refractivity contribution is 14.1. The van der Waals surface area contributed by atoms with Crippen molar-refractivity contribution in [2.45, 2.75) is 10.1 Å². The second-order valence-electron chi connectivity index (χ2n) is 3.23. The van der Waals surface area contributed by atoms with Crippen LogP contribution in [0.1, 0.15) is 15.9 Å². The number of carbonyl (C=O) groups is 1. The lowest BCUT2D eigenvalue weighted by Crippen LogP contribution is -2.21. The highest BCUT2D eigenvalue weighted by atomic mass is 127. The van der Waals surface area contributed by atoms with Gasteiger partial charge in [0.1, 0.15) is 5.75 Å². The molecule has 0 amide bonds. The first-order chi connectivity index (χ1) is 6.54. The molecule has 2 nitrogen and oxygen atoms in total. The van der Waals surface area contributed by atoms with E-state index in [0.717, 1.165) is 5.56 Å². The summed E-state index contributed by atoms with van der Waals surface area (Å²) in [5.74, 6) is 0.224. The highest BCUT2D eigenvalue weighted by Gasteiger charge is 2.43. The van der Waals surface area contributed by atoms with Crippen LogP contribution < -0.4 is 4.74 Å². The van der Waals surface area contributed by atoms with E-state index in [0.29, 0.717) is 11.3 Å². The minimum absolute atomic E-state index is 0.138. The Labute approximate surface area is 94.6 Å². The van der Waals surface area contributed by atoms with Gasteiger partial charge in [0.15, 0.2) is 0 Å². The zero-order valence-electron chi connectivity index (χ0n) is 7.51. The zero-order valence-corrected chi connectivity index (χ0v) is 9.67. The van der Waals surface area contributed by atoms with E-state index in [2.05, 4.69) is 0 Å². The predicted molar refractivity (Wildman–Crippen MR) is 58.9 cm³/mol. The Balaban J connectivity index is 2.49. The molecule has 74 valence electrons. The Hall–Kier alpha value is -0.650. The molecule has 0 spiro atoms. The molecular weight excluding hydrogens is 298 g/mol. The van der Waals surface area contributed by atoms with E-state index in [1.165, 1.54) is 0 Å². The van der Waals surface area contributed by atoms with Gasteiger partial charge in [0.2, 0.25) is 9.46 Å². The van der Waals surface area contributed by atoms with Crippen LogP contribution >= 0.6 is 22.6 Å². The van der Waals surface area contributed by atoms with Crippen molar-refractivity contribution < 1.29 is 13.9 Å². The molecule has 1 aliphatic rings. The first-order valence-corrected chi connectivity index (χ1v) is 5.22. The first kappa shape index (κ1) is 9.89. The van der Waals surface area contributed by atoms with Gasteiger partial charge in [-0.1, -0.05) is 0 Å². The second kappa shape index (κ2) is 3.18. The Morgan fingerprint density at radius 1 is 1.57 bits per heavy atom. The second-order valence-corrected chi connectivity index (χ2v) is 4.94. The number of rotatable bonds is 1. The van der Waals surface area contributed by atoms with Crippen LogP contribution in [0.5, 0.6) is 5.75 Å². The maximum Gasteiger partial charge on any atom is 0.227 e. The van der Waals surface area contributed by atoms with E-state index in [-0.39, 0.29) is 6.42 Å². The summed E-state index contributed by atoms with van der Waals surface area (Å²) < 4.78 is 16.9. The fourth-order valence-corrected chi connectivity index (χ4v) is 2.28. The third kappa shape index (κ3) is 1.41. The molecule has 1 unspecified atom stereocenters. The molecule has 0 fully saturated rings. The Morgan fingerprint density at radius 2 is 2.29 bits per heavy atom. The van der Waals surface area contributed by atoms with Gasteiger partial charge in [-0.2, -0.15) is 0 Å². The topological polar surface area (TPSA) is 26.3 Å². The number of alkyl halides is 2. The fraction of sp³-hybridized carbons (Fsp3) is 0.300. The highest BCUT2D eigenvalue weighted by Crippen LogP contribution is 2.39. The molecule has 1 atom stereocenters. The average molecular weight is 306 g/mol. The summed E-state index contributed by atoms with van der Waals surface area (Å²) in [6.45, 7) is 0. The van der Waals surface area contributed by atoms with E-state index >= 15 is 0 Å². The van der Waals surface area contributed by atoms with Crippen molar-refractivity contribution >= 4 is 28.4 Å². The van der Waals surface area contributed by atoms with Gasteiger partial charge in [-0.15, -0.1) is 0 Å². The molecule has 0 N–H and O–H groups in total. The summed E-state index contributed by atoms with van der Waals surface area (Å²) in [5, 5.41) is 0. The number of fused-ring (bicyclic) bond motifs is 1. The summed E-state index contributed by atoms with van der Waals surface area (Å²) in [4.78, 5) is 11.5. The normalized spacial score (nSPS) is 24.9. The lowest BCUT2D eigenvalue weighted by molar-refractivity contribution is 0.0882. The van der Waals surface area contributed by atoms with Gasteiger partial charge in [-0.05, 0) is 46.4 Å². The fourth-order valence-electron chi connectivity index (χ4n) is 1.58. The van der Waals surface area contributed by atoms with Gasteiger partial charge < -0.3 is 4.74 Å². The quantitative estimate of drug-likeness (QED) is 0.589. The molecule has 0 aromatic heterocycles. The number of ketones is 1. The molecule has 14 heavy (non-hydrogen) atoms. The molecule has 0 radical (unpaired) electrons. The summed E-state index contributed by atoms with van der Waals surface area (Å²) in [7, 11) is 1.55. The lowest BCUT2D eigenvalue weighted by atomic mass is 10.1. The summed E-state index contributed by atoms with van der Waals surface area (Å²) in [6.07, 6.45) is 0.138. The third-order valence-electron chi connectivity index (χ3n) is 2.30. The molecule has 4 heteroatoms. The van der Waals surface area contributed by atoms with Crippen LogP contribution in [0, 0.1) is 0 Å². The predicted octanol–water partition coefficient (Wildman–Crippen LogP) is 2.53. The molecular formula is C10H8FIO2. The largest absolute Gasteiger partial charge is 0.497 e. The maximum atomic E-state index is 13.6. The number of hydrogen-bond donors (Lipinski definition) is 0. The Morgan fingerprint density at radius 3 is 2.93 bits per heavy atom. The van der Waals surface area contributed by atoms with Crippen LogP contribution in [0.25, 0.3) is 0 Å². The number of Topliss-reactive ketones (excluding diaryl/α,β-unsaturated/α-hetero) is 1. The number of carbonyl (C=O) groups excluding carboxylic acids is 1. The van der Waals surface area contributed by atoms with Crippen molar-refractivity contribution in [1.29, 1.82) is 0 Å². The Kier molecular flexibility index (Phi) is 2.25. The van der Waals surface area contributed by atoms with Crippen molar-refractivity contribution in [2.75, 3.05) is 7.11 Å². The van der Waals surface area contributed by atoms with Crippen LogP contribution in [0.4, 0.5) is 4.39 Å². The van der Waals surface area contributed by atoms with E-state index in [9.17, 15) is 9.18 Å². The van der Waals surface area contributed by atoms with Crippen molar-refractivity contribution in [3.8, 4) is 5.75 Å². The first-order valence-electron chi connectivity index (χ1n) is 4.14. The number of hydrogen-bond acceptors (Lipinski definition) is 2. The van der Waals surface area contributed by atoms with Gasteiger partial charge in [0.25, 0.3) is 0 Å². The zero-order chi connectivity index (χ0) is 10.3. The van der Waals surface area contributed by atoms with Crippen molar-refractivity contribution in [1.82, 2.24) is 0 Å². The molecule has 0 aliphatic heterocycles. The summed E-state index contributed by atoms with van der Waals surface area (Å²) in [5.41, 5.74) is 1.20. The van der Waals surface area contributed by atoms with E-state index in [4.69, 9.17) is 4.74 Å². The standard InChI is InChI=1S/C10H8FIO2/c1-14-7-2-3-8-6(4-7)5-10(11,12)9(8)13/h2-4H,5H2,1H3. The smallest absolute Gasteiger partial charge is 0.227 e. The van der Waals surface area contributed by atoms with Gasteiger partial charge in [0, 0.05) is 12.0 Å². The molecule has 2 rings (SSSR count). The number of methoxy groups -OCH3 is 1. The Bertz CT molecular complexity index is 401.